The van der Waals surface area contributed by atoms with Crippen LogP contribution in [0.2, 0.25) is 0 Å². The zero-order chi connectivity index (χ0) is 8.27. The molecule has 0 aliphatic carbocycles. The van der Waals surface area contributed by atoms with Crippen LogP contribution in [0.5, 0.6) is 0 Å². The van der Waals surface area contributed by atoms with E-state index in [9.17, 15) is 4.79 Å². The van der Waals surface area contributed by atoms with Crippen LogP contribution >= 0.6 is 0 Å². The van der Waals surface area contributed by atoms with E-state index >= 15 is 0 Å². The lowest BCUT2D eigenvalue weighted by atomic mass is 10.2. The van der Waals surface area contributed by atoms with Gasteiger partial charge in [-0.1, -0.05) is 0 Å². The molecular formula is C7H10N2O2. The molecule has 0 amide bonds. The fourth-order valence-corrected chi connectivity index (χ4v) is 0.792. The second kappa shape index (κ2) is 3.21. The summed E-state index contributed by atoms with van der Waals surface area (Å²) >= 11 is 0. The predicted molar refractivity (Wildman–Crippen MR) is 39.7 cm³/mol. The van der Waals surface area contributed by atoms with E-state index in [4.69, 9.17) is 5.73 Å². The van der Waals surface area contributed by atoms with Gasteiger partial charge in [0.2, 0.25) is 0 Å². The summed E-state index contributed by atoms with van der Waals surface area (Å²) in [6, 6.07) is 2.81. The Morgan fingerprint density at radius 3 is 3.00 bits per heavy atom. The highest BCUT2D eigenvalue weighted by atomic mass is 16.5. The number of hydrogen-bond acceptors (Lipinski definition) is 3. The molecule has 11 heavy (non-hydrogen) atoms. The number of H-pyrrole nitrogens is 1. The Morgan fingerprint density at radius 2 is 2.55 bits per heavy atom. The number of hydrogen-bond donors (Lipinski definition) is 2. The van der Waals surface area contributed by atoms with Crippen LogP contribution in [0, 0.1) is 0 Å². The van der Waals surface area contributed by atoms with Crippen molar-refractivity contribution in [2.45, 2.75) is 6.04 Å². The molecule has 0 saturated heterocycles. The average molecular weight is 154 g/mol. The highest BCUT2D eigenvalue weighted by Gasteiger charge is 2.15. The summed E-state index contributed by atoms with van der Waals surface area (Å²) in [5.41, 5.74) is 6.15. The maximum absolute atomic E-state index is 10.8. The van der Waals surface area contributed by atoms with Crippen LogP contribution in [0.25, 0.3) is 0 Å². The lowest BCUT2D eigenvalue weighted by Crippen LogP contribution is -2.22. The number of carbonyl (C=O) groups is 1. The Bertz CT molecular complexity index is 231. The summed E-state index contributed by atoms with van der Waals surface area (Å²) < 4.78 is 4.45. The molecule has 0 aliphatic heterocycles. The topological polar surface area (TPSA) is 68.1 Å². The van der Waals surface area contributed by atoms with Crippen molar-refractivity contribution in [3.8, 4) is 0 Å². The minimum absolute atomic E-state index is 0.438. The van der Waals surface area contributed by atoms with Gasteiger partial charge < -0.3 is 15.5 Å². The highest BCUT2D eigenvalue weighted by Crippen LogP contribution is 2.07. The van der Waals surface area contributed by atoms with Gasteiger partial charge in [0, 0.05) is 11.9 Å². The first-order valence-corrected chi connectivity index (χ1v) is 3.22. The standard InChI is InChI=1S/C7H10N2O2/c1-11-7(10)6(8)5-3-2-4-9-5/h2-4,6,9H,8H2,1H3. The molecule has 0 bridgehead atoms. The van der Waals surface area contributed by atoms with Crippen molar-refractivity contribution in [3.63, 3.8) is 0 Å². The highest BCUT2D eigenvalue weighted by molar-refractivity contribution is 5.76. The number of rotatable bonds is 2. The molecule has 0 aromatic carbocycles. The van der Waals surface area contributed by atoms with Gasteiger partial charge in [0.25, 0.3) is 0 Å². The Labute approximate surface area is 64.4 Å². The summed E-state index contributed by atoms with van der Waals surface area (Å²) in [6.07, 6.45) is 1.71. The summed E-state index contributed by atoms with van der Waals surface area (Å²) in [6.45, 7) is 0. The van der Waals surface area contributed by atoms with Crippen LogP contribution in [0.1, 0.15) is 11.7 Å². The van der Waals surface area contributed by atoms with Gasteiger partial charge in [0.05, 0.1) is 7.11 Å². The molecule has 0 spiro atoms. The fourth-order valence-electron chi connectivity index (χ4n) is 0.792. The van der Waals surface area contributed by atoms with Gasteiger partial charge >= 0.3 is 5.97 Å². The van der Waals surface area contributed by atoms with Crippen LogP contribution in [0.15, 0.2) is 18.3 Å². The first-order chi connectivity index (χ1) is 5.25. The molecule has 4 nitrogen and oxygen atoms in total. The molecule has 3 N–H and O–H groups in total. The van der Waals surface area contributed by atoms with E-state index in [1.807, 2.05) is 0 Å². The molecule has 0 aliphatic rings. The quantitative estimate of drug-likeness (QED) is 0.597. The summed E-state index contributed by atoms with van der Waals surface area (Å²) in [5.74, 6) is -0.438. The Balaban J connectivity index is 2.70. The first kappa shape index (κ1) is 7.81. The van der Waals surface area contributed by atoms with E-state index in [0.717, 1.165) is 0 Å². The third-order valence-electron chi connectivity index (χ3n) is 1.41. The van der Waals surface area contributed by atoms with Crippen molar-refractivity contribution in [2.75, 3.05) is 7.11 Å². The Morgan fingerprint density at radius 1 is 1.82 bits per heavy atom. The van der Waals surface area contributed by atoms with Crippen molar-refractivity contribution >= 4 is 5.97 Å². The third-order valence-corrected chi connectivity index (χ3v) is 1.41. The Hall–Kier alpha value is -1.29. The zero-order valence-electron chi connectivity index (χ0n) is 6.20. The van der Waals surface area contributed by atoms with Gasteiger partial charge in [-0.05, 0) is 12.1 Å². The van der Waals surface area contributed by atoms with Gasteiger partial charge in [0.1, 0.15) is 6.04 Å². The van der Waals surface area contributed by atoms with E-state index in [1.165, 1.54) is 7.11 Å². The van der Waals surface area contributed by atoms with Gasteiger partial charge in [-0.3, -0.25) is 0 Å². The number of nitrogens with one attached hydrogen (secondary N) is 1. The third kappa shape index (κ3) is 1.59. The molecule has 1 rings (SSSR count). The van der Waals surface area contributed by atoms with E-state index in [1.54, 1.807) is 18.3 Å². The summed E-state index contributed by atoms with van der Waals surface area (Å²) in [5, 5.41) is 0. The minimum atomic E-state index is -0.699. The average Bonchev–Trinajstić information content (AvgIpc) is 2.53. The van der Waals surface area contributed by atoms with Crippen molar-refractivity contribution in [3.05, 3.63) is 24.0 Å². The number of carbonyl (C=O) groups excluding carboxylic acids is 1. The lowest BCUT2D eigenvalue weighted by molar-refractivity contribution is -0.142. The molecule has 0 radical (unpaired) electrons. The van der Waals surface area contributed by atoms with Crippen molar-refractivity contribution < 1.29 is 9.53 Å². The van der Waals surface area contributed by atoms with E-state index in [0.29, 0.717) is 5.69 Å². The largest absolute Gasteiger partial charge is 0.468 e. The van der Waals surface area contributed by atoms with E-state index in [-0.39, 0.29) is 0 Å². The zero-order valence-corrected chi connectivity index (χ0v) is 6.20. The fraction of sp³-hybridized carbons (Fsp3) is 0.286. The van der Waals surface area contributed by atoms with Crippen LogP contribution in [-0.4, -0.2) is 18.1 Å². The number of aromatic nitrogens is 1. The van der Waals surface area contributed by atoms with Crippen molar-refractivity contribution in [2.24, 2.45) is 5.73 Å². The van der Waals surface area contributed by atoms with Gasteiger partial charge in [-0.2, -0.15) is 0 Å². The Kier molecular flexibility index (Phi) is 2.28. The lowest BCUT2D eigenvalue weighted by Gasteiger charge is -2.05. The van der Waals surface area contributed by atoms with Crippen molar-refractivity contribution in [1.82, 2.24) is 4.98 Å². The number of aromatic amines is 1. The molecule has 1 aromatic heterocycles. The predicted octanol–water partition coefficient (Wildman–Crippen LogP) is 0.187. The SMILES string of the molecule is COC(=O)C(N)c1ccc[nH]1. The van der Waals surface area contributed by atoms with Crippen LogP contribution in [-0.2, 0) is 9.53 Å². The van der Waals surface area contributed by atoms with Crippen LogP contribution in [0.4, 0.5) is 0 Å². The van der Waals surface area contributed by atoms with Gasteiger partial charge in [-0.15, -0.1) is 0 Å². The summed E-state index contributed by atoms with van der Waals surface area (Å²) in [7, 11) is 1.31. The number of nitrogens with two attached hydrogens (primary N) is 1. The molecule has 1 unspecified atom stereocenters. The molecule has 0 saturated carbocycles. The number of methoxy groups -OCH3 is 1. The second-order valence-electron chi connectivity index (χ2n) is 2.13. The monoisotopic (exact) mass is 154 g/mol. The molecule has 4 heteroatoms. The maximum Gasteiger partial charge on any atom is 0.328 e. The minimum Gasteiger partial charge on any atom is -0.468 e. The molecule has 1 aromatic rings. The van der Waals surface area contributed by atoms with Crippen LogP contribution in [0.3, 0.4) is 0 Å². The number of ether oxygens (including phenoxy) is 1. The molecule has 0 fully saturated rings. The van der Waals surface area contributed by atoms with E-state index < -0.39 is 12.0 Å². The normalized spacial score (nSPS) is 12.5. The van der Waals surface area contributed by atoms with E-state index in [2.05, 4.69) is 9.72 Å². The van der Waals surface area contributed by atoms with Crippen molar-refractivity contribution in [1.29, 1.82) is 0 Å². The molecule has 1 atom stereocenters. The molecular weight excluding hydrogens is 144 g/mol. The van der Waals surface area contributed by atoms with Crippen LogP contribution < -0.4 is 5.73 Å². The molecule has 1 heterocycles. The second-order valence-corrected chi connectivity index (χ2v) is 2.13. The smallest absolute Gasteiger partial charge is 0.328 e. The van der Waals surface area contributed by atoms with Gasteiger partial charge in [-0.25, -0.2) is 4.79 Å². The first-order valence-electron chi connectivity index (χ1n) is 3.22. The maximum atomic E-state index is 10.8. The molecule has 60 valence electrons. The summed E-state index contributed by atoms with van der Waals surface area (Å²) in [4.78, 5) is 13.7. The number of esters is 1. The van der Waals surface area contributed by atoms with Gasteiger partial charge in [0.15, 0.2) is 0 Å².